The minimum atomic E-state index is -0.861. The van der Waals surface area contributed by atoms with Gasteiger partial charge in [0, 0.05) is 6.42 Å². The summed E-state index contributed by atoms with van der Waals surface area (Å²) in [6.07, 6.45) is -0.949. The average Bonchev–Trinajstić information content (AvgIpc) is 2.17. The highest BCUT2D eigenvalue weighted by atomic mass is 16.6. The molecule has 1 amide bonds. The van der Waals surface area contributed by atoms with Gasteiger partial charge in [-0.15, -0.1) is 0 Å². The van der Waals surface area contributed by atoms with E-state index in [-0.39, 0.29) is 6.61 Å². The van der Waals surface area contributed by atoms with Gasteiger partial charge in [0.2, 0.25) is 0 Å². The van der Waals surface area contributed by atoms with Crippen LogP contribution in [-0.2, 0) is 11.2 Å². The third kappa shape index (κ3) is 3.45. The number of primary amides is 1. The SMILES string of the molecule is NC(=O)O[C@@H](CO)Cc1ccccc1. The fraction of sp³-hybridized carbons (Fsp3) is 0.300. The van der Waals surface area contributed by atoms with Crippen LogP contribution in [0.15, 0.2) is 30.3 Å². The minimum Gasteiger partial charge on any atom is -0.444 e. The summed E-state index contributed by atoms with van der Waals surface area (Å²) in [6, 6.07) is 9.45. The number of hydrogen-bond donors (Lipinski definition) is 2. The Labute approximate surface area is 82.3 Å². The molecule has 76 valence electrons. The van der Waals surface area contributed by atoms with Crippen molar-refractivity contribution in [3.63, 3.8) is 0 Å². The lowest BCUT2D eigenvalue weighted by molar-refractivity contribution is 0.0639. The Hall–Kier alpha value is -1.55. The molecular weight excluding hydrogens is 182 g/mol. The molecule has 0 aliphatic rings. The molecular formula is C10H13NO3. The lowest BCUT2D eigenvalue weighted by Gasteiger charge is -2.13. The molecule has 0 spiro atoms. The van der Waals surface area contributed by atoms with Crippen LogP contribution in [0.2, 0.25) is 0 Å². The maximum Gasteiger partial charge on any atom is 0.404 e. The maximum absolute atomic E-state index is 10.4. The van der Waals surface area contributed by atoms with Crippen LogP contribution in [0.5, 0.6) is 0 Å². The van der Waals surface area contributed by atoms with Crippen molar-refractivity contribution in [3.05, 3.63) is 35.9 Å². The van der Waals surface area contributed by atoms with Crippen molar-refractivity contribution in [1.82, 2.24) is 0 Å². The van der Waals surface area contributed by atoms with Crippen molar-refractivity contribution < 1.29 is 14.6 Å². The molecule has 0 unspecified atom stereocenters. The second-order valence-corrected chi connectivity index (χ2v) is 2.93. The van der Waals surface area contributed by atoms with Gasteiger partial charge in [0.25, 0.3) is 0 Å². The quantitative estimate of drug-likeness (QED) is 0.742. The number of carbonyl (C=O) groups is 1. The van der Waals surface area contributed by atoms with Gasteiger partial charge in [0.05, 0.1) is 6.61 Å². The van der Waals surface area contributed by atoms with Crippen molar-refractivity contribution in [2.45, 2.75) is 12.5 Å². The van der Waals surface area contributed by atoms with Gasteiger partial charge < -0.3 is 15.6 Å². The second-order valence-electron chi connectivity index (χ2n) is 2.93. The van der Waals surface area contributed by atoms with Gasteiger partial charge in [-0.25, -0.2) is 4.79 Å². The smallest absolute Gasteiger partial charge is 0.404 e. The van der Waals surface area contributed by atoms with E-state index in [1.165, 1.54) is 0 Å². The van der Waals surface area contributed by atoms with Gasteiger partial charge in [-0.1, -0.05) is 30.3 Å². The summed E-state index contributed by atoms with van der Waals surface area (Å²) < 4.78 is 4.69. The molecule has 0 radical (unpaired) electrons. The number of benzene rings is 1. The first-order valence-electron chi connectivity index (χ1n) is 4.33. The van der Waals surface area contributed by atoms with Crippen molar-refractivity contribution in [3.8, 4) is 0 Å². The van der Waals surface area contributed by atoms with Gasteiger partial charge in [-0.05, 0) is 5.56 Å². The summed E-state index contributed by atoms with van der Waals surface area (Å²) >= 11 is 0. The van der Waals surface area contributed by atoms with Gasteiger partial charge >= 0.3 is 6.09 Å². The molecule has 0 saturated carbocycles. The first kappa shape index (κ1) is 10.5. The Kier molecular flexibility index (Phi) is 3.94. The summed E-state index contributed by atoms with van der Waals surface area (Å²) in [4.78, 5) is 10.4. The molecule has 4 nitrogen and oxygen atoms in total. The standard InChI is InChI=1S/C10H13NO3/c11-10(13)14-9(7-12)6-8-4-2-1-3-5-8/h1-5,9,12H,6-7H2,(H2,11,13)/t9-/m1/s1. The Bertz CT molecular complexity index is 287. The summed E-state index contributed by atoms with van der Waals surface area (Å²) in [6.45, 7) is -0.224. The Morgan fingerprint density at radius 1 is 1.43 bits per heavy atom. The minimum absolute atomic E-state index is 0.224. The molecule has 0 bridgehead atoms. The van der Waals surface area contributed by atoms with E-state index in [4.69, 9.17) is 15.6 Å². The Morgan fingerprint density at radius 2 is 2.07 bits per heavy atom. The number of aliphatic hydroxyl groups excluding tert-OH is 1. The Morgan fingerprint density at radius 3 is 2.57 bits per heavy atom. The zero-order valence-electron chi connectivity index (χ0n) is 7.72. The van der Waals surface area contributed by atoms with Crippen LogP contribution in [0.4, 0.5) is 4.79 Å². The lowest BCUT2D eigenvalue weighted by Crippen LogP contribution is -2.27. The van der Waals surface area contributed by atoms with Crippen molar-refractivity contribution in [2.24, 2.45) is 5.73 Å². The molecule has 0 aliphatic carbocycles. The van der Waals surface area contributed by atoms with Crippen molar-refractivity contribution in [2.75, 3.05) is 6.61 Å². The van der Waals surface area contributed by atoms with Crippen LogP contribution in [0.3, 0.4) is 0 Å². The van der Waals surface area contributed by atoms with E-state index < -0.39 is 12.2 Å². The second kappa shape index (κ2) is 5.24. The molecule has 0 aliphatic heterocycles. The molecule has 0 aromatic heterocycles. The molecule has 1 atom stereocenters. The number of aliphatic hydroxyl groups is 1. The molecule has 1 aromatic rings. The van der Waals surface area contributed by atoms with Gasteiger partial charge in [0.15, 0.2) is 0 Å². The lowest BCUT2D eigenvalue weighted by atomic mass is 10.1. The van der Waals surface area contributed by atoms with Crippen LogP contribution < -0.4 is 5.73 Å². The molecule has 3 N–H and O–H groups in total. The van der Waals surface area contributed by atoms with Crippen molar-refractivity contribution in [1.29, 1.82) is 0 Å². The number of hydrogen-bond acceptors (Lipinski definition) is 3. The predicted molar refractivity (Wildman–Crippen MR) is 51.7 cm³/mol. The summed E-state index contributed by atoms with van der Waals surface area (Å²) in [5.41, 5.74) is 5.84. The number of ether oxygens (including phenoxy) is 1. The monoisotopic (exact) mass is 195 g/mol. The van der Waals surface area contributed by atoms with E-state index in [1.54, 1.807) is 0 Å². The summed E-state index contributed by atoms with van der Waals surface area (Å²) in [7, 11) is 0. The van der Waals surface area contributed by atoms with Gasteiger partial charge in [-0.2, -0.15) is 0 Å². The van der Waals surface area contributed by atoms with Gasteiger partial charge in [0.1, 0.15) is 6.10 Å². The third-order valence-electron chi connectivity index (χ3n) is 1.79. The van der Waals surface area contributed by atoms with Gasteiger partial charge in [-0.3, -0.25) is 0 Å². The zero-order valence-corrected chi connectivity index (χ0v) is 7.72. The normalized spacial score (nSPS) is 12.1. The van der Waals surface area contributed by atoms with Crippen LogP contribution >= 0.6 is 0 Å². The molecule has 0 heterocycles. The highest BCUT2D eigenvalue weighted by Crippen LogP contribution is 2.05. The summed E-state index contributed by atoms with van der Waals surface area (Å²) in [5.74, 6) is 0. The topological polar surface area (TPSA) is 72.6 Å². The van der Waals surface area contributed by atoms with E-state index in [1.807, 2.05) is 30.3 Å². The van der Waals surface area contributed by atoms with E-state index in [2.05, 4.69) is 0 Å². The molecule has 0 saturated heterocycles. The first-order valence-corrected chi connectivity index (χ1v) is 4.33. The van der Waals surface area contributed by atoms with Crippen LogP contribution in [0.25, 0.3) is 0 Å². The molecule has 1 rings (SSSR count). The fourth-order valence-electron chi connectivity index (χ4n) is 1.18. The maximum atomic E-state index is 10.4. The van der Waals surface area contributed by atoms with Crippen molar-refractivity contribution >= 4 is 6.09 Å². The molecule has 1 aromatic carbocycles. The molecule has 14 heavy (non-hydrogen) atoms. The first-order chi connectivity index (χ1) is 6.72. The zero-order chi connectivity index (χ0) is 10.4. The third-order valence-corrected chi connectivity index (χ3v) is 1.79. The number of nitrogens with two attached hydrogens (primary N) is 1. The summed E-state index contributed by atoms with van der Waals surface area (Å²) in [5, 5.41) is 8.90. The molecule has 4 heteroatoms. The number of amides is 1. The Balaban J connectivity index is 2.53. The number of rotatable bonds is 4. The van der Waals surface area contributed by atoms with Crippen LogP contribution in [0.1, 0.15) is 5.56 Å². The predicted octanol–water partition coefficient (Wildman–Crippen LogP) is 0.685. The van der Waals surface area contributed by atoms with Crippen LogP contribution in [-0.4, -0.2) is 23.9 Å². The average molecular weight is 195 g/mol. The molecule has 0 fully saturated rings. The fourth-order valence-corrected chi connectivity index (χ4v) is 1.18. The highest BCUT2D eigenvalue weighted by molar-refractivity contribution is 5.64. The van der Waals surface area contributed by atoms with E-state index in [0.29, 0.717) is 6.42 Å². The highest BCUT2D eigenvalue weighted by Gasteiger charge is 2.11. The van der Waals surface area contributed by atoms with E-state index >= 15 is 0 Å². The largest absolute Gasteiger partial charge is 0.444 e. The van der Waals surface area contributed by atoms with E-state index in [9.17, 15) is 4.79 Å². The van der Waals surface area contributed by atoms with Crippen LogP contribution in [0, 0.1) is 0 Å². The number of carbonyl (C=O) groups excluding carboxylic acids is 1. The van der Waals surface area contributed by atoms with E-state index in [0.717, 1.165) is 5.56 Å².